The minimum atomic E-state index is -4.96. The lowest BCUT2D eigenvalue weighted by atomic mass is 10.0. The molecule has 5 nitrogen and oxygen atoms in total. The number of carbonyl (C=O) groups excluding carboxylic acids is 1. The number of halogens is 3. The minimum absolute atomic E-state index is 0.148. The fourth-order valence-electron chi connectivity index (χ4n) is 0.898. The molecule has 0 aliphatic heterocycles. The van der Waals surface area contributed by atoms with E-state index in [9.17, 15) is 22.8 Å². The van der Waals surface area contributed by atoms with Crippen molar-refractivity contribution in [3.8, 4) is 0 Å². The highest BCUT2D eigenvalue weighted by molar-refractivity contribution is 5.93. The number of aliphatic carboxylic acids is 1. The first-order valence-corrected chi connectivity index (χ1v) is 4.34. The summed E-state index contributed by atoms with van der Waals surface area (Å²) < 4.78 is 40.1. The van der Waals surface area contributed by atoms with Crippen LogP contribution in [0.4, 0.5) is 13.2 Å². The Morgan fingerprint density at radius 2 is 1.88 bits per heavy atom. The molecule has 2 atom stereocenters. The lowest BCUT2D eigenvalue weighted by Gasteiger charge is -2.17. The summed E-state index contributed by atoms with van der Waals surface area (Å²) in [7, 11) is 0. The van der Waals surface area contributed by atoms with Crippen molar-refractivity contribution in [2.75, 3.05) is 6.61 Å². The molecule has 0 aromatic carbocycles. The number of carbonyl (C=O) groups is 2. The topological polar surface area (TPSA) is 83.8 Å². The highest BCUT2D eigenvalue weighted by Crippen LogP contribution is 2.25. The normalized spacial score (nSPS) is 15.3. The van der Waals surface area contributed by atoms with Gasteiger partial charge in [-0.2, -0.15) is 13.2 Å². The van der Waals surface area contributed by atoms with E-state index in [0.717, 1.165) is 0 Å². The molecule has 8 heteroatoms. The Hall–Kier alpha value is -1.31. The smallest absolute Gasteiger partial charge is 0.414 e. The van der Waals surface area contributed by atoms with E-state index in [4.69, 9.17) is 10.2 Å². The van der Waals surface area contributed by atoms with Gasteiger partial charge in [-0.05, 0) is 6.92 Å². The van der Waals surface area contributed by atoms with E-state index in [0.29, 0.717) is 0 Å². The Morgan fingerprint density at radius 1 is 1.38 bits per heavy atom. The van der Waals surface area contributed by atoms with Gasteiger partial charge in [0.1, 0.15) is 0 Å². The summed E-state index contributed by atoms with van der Waals surface area (Å²) in [5.41, 5.74) is 0. The number of hydrogen-bond acceptors (Lipinski definition) is 4. The zero-order valence-electron chi connectivity index (χ0n) is 8.32. The molecule has 0 rings (SSSR count). The van der Waals surface area contributed by atoms with Crippen LogP contribution in [0.3, 0.4) is 0 Å². The van der Waals surface area contributed by atoms with E-state index in [1.807, 2.05) is 0 Å². The van der Waals surface area contributed by atoms with Crippen LogP contribution in [-0.4, -0.2) is 41.0 Å². The number of carboxylic acids is 1. The first-order valence-electron chi connectivity index (χ1n) is 4.34. The zero-order chi connectivity index (χ0) is 12.9. The van der Waals surface area contributed by atoms with Gasteiger partial charge in [-0.1, -0.05) is 0 Å². The predicted octanol–water partition coefficient (Wildman–Crippen LogP) is 0.564. The lowest BCUT2D eigenvalue weighted by molar-refractivity contribution is -0.210. The van der Waals surface area contributed by atoms with Crippen molar-refractivity contribution in [1.29, 1.82) is 0 Å². The third-order valence-electron chi connectivity index (χ3n) is 1.71. The van der Waals surface area contributed by atoms with Crippen molar-refractivity contribution in [3.05, 3.63) is 0 Å². The van der Waals surface area contributed by atoms with E-state index < -0.39 is 36.6 Å². The summed E-state index contributed by atoms with van der Waals surface area (Å²) in [6, 6.07) is 0. The summed E-state index contributed by atoms with van der Waals surface area (Å²) in [5.74, 6) is -5.07. The van der Waals surface area contributed by atoms with Gasteiger partial charge in [0.25, 0.3) is 0 Å². The van der Waals surface area contributed by atoms with E-state index in [1.165, 1.54) is 6.92 Å². The lowest BCUT2D eigenvalue weighted by Crippen LogP contribution is -2.36. The number of hydrogen-bond donors (Lipinski definition) is 2. The van der Waals surface area contributed by atoms with E-state index >= 15 is 0 Å². The van der Waals surface area contributed by atoms with Crippen LogP contribution in [0.25, 0.3) is 0 Å². The van der Waals surface area contributed by atoms with Gasteiger partial charge < -0.3 is 14.9 Å². The molecule has 0 saturated carbocycles. The molecule has 0 radical (unpaired) electrons. The van der Waals surface area contributed by atoms with Gasteiger partial charge in [-0.3, -0.25) is 9.59 Å². The first kappa shape index (κ1) is 14.7. The van der Waals surface area contributed by atoms with Gasteiger partial charge in [0.2, 0.25) is 0 Å². The standard InChI is InChI=1S/C8H11F3O5/c1-2-16-7(15)4(6(13)14)3-5(12)8(9,10)11/h4-5,12H,2-3H2,1H3,(H,13,14). The van der Waals surface area contributed by atoms with Gasteiger partial charge >= 0.3 is 18.1 Å². The van der Waals surface area contributed by atoms with Crippen molar-refractivity contribution < 1.29 is 37.7 Å². The van der Waals surface area contributed by atoms with Gasteiger partial charge in [0.05, 0.1) is 6.61 Å². The monoisotopic (exact) mass is 244 g/mol. The molecule has 0 saturated heterocycles. The van der Waals surface area contributed by atoms with Crippen molar-refractivity contribution in [2.45, 2.75) is 25.6 Å². The minimum Gasteiger partial charge on any atom is -0.481 e. The number of alkyl halides is 3. The molecule has 0 spiro atoms. The summed E-state index contributed by atoms with van der Waals surface area (Å²) in [4.78, 5) is 21.5. The fraction of sp³-hybridized carbons (Fsp3) is 0.750. The Bertz CT molecular complexity index is 263. The number of aliphatic hydroxyl groups excluding tert-OH is 1. The highest BCUT2D eigenvalue weighted by Gasteiger charge is 2.43. The maximum Gasteiger partial charge on any atom is 0.414 e. The zero-order valence-corrected chi connectivity index (χ0v) is 8.32. The Balaban J connectivity index is 4.58. The van der Waals surface area contributed by atoms with Crippen molar-refractivity contribution in [1.82, 2.24) is 0 Å². The quantitative estimate of drug-likeness (QED) is 0.545. The van der Waals surface area contributed by atoms with Crippen LogP contribution in [0.15, 0.2) is 0 Å². The van der Waals surface area contributed by atoms with E-state index in [2.05, 4.69) is 4.74 Å². The maximum absolute atomic E-state index is 11.9. The van der Waals surface area contributed by atoms with Crippen molar-refractivity contribution in [3.63, 3.8) is 0 Å². The molecule has 16 heavy (non-hydrogen) atoms. The third kappa shape index (κ3) is 4.47. The summed E-state index contributed by atoms with van der Waals surface area (Å²) in [6.45, 7) is 1.24. The average Bonchev–Trinajstić information content (AvgIpc) is 2.11. The molecule has 0 amide bonds. The second kappa shape index (κ2) is 5.69. The predicted molar refractivity (Wildman–Crippen MR) is 44.4 cm³/mol. The van der Waals surface area contributed by atoms with Gasteiger partial charge in [-0.15, -0.1) is 0 Å². The molecular formula is C8H11F3O5. The summed E-state index contributed by atoms with van der Waals surface area (Å²) in [5, 5.41) is 17.1. The summed E-state index contributed by atoms with van der Waals surface area (Å²) in [6.07, 6.45) is -9.07. The fourth-order valence-corrected chi connectivity index (χ4v) is 0.898. The Morgan fingerprint density at radius 3 is 2.19 bits per heavy atom. The second-order valence-corrected chi connectivity index (χ2v) is 2.94. The average molecular weight is 244 g/mol. The molecule has 0 fully saturated rings. The second-order valence-electron chi connectivity index (χ2n) is 2.94. The number of ether oxygens (including phenoxy) is 1. The highest BCUT2D eigenvalue weighted by atomic mass is 19.4. The number of carboxylic acid groups (broad SMARTS) is 1. The molecule has 0 heterocycles. The summed E-state index contributed by atoms with van der Waals surface area (Å²) >= 11 is 0. The molecule has 94 valence electrons. The third-order valence-corrected chi connectivity index (χ3v) is 1.71. The molecule has 0 aliphatic carbocycles. The van der Waals surface area contributed by atoms with Crippen molar-refractivity contribution >= 4 is 11.9 Å². The largest absolute Gasteiger partial charge is 0.481 e. The van der Waals surface area contributed by atoms with E-state index in [1.54, 1.807) is 0 Å². The molecule has 0 aromatic rings. The molecule has 0 aliphatic rings. The van der Waals surface area contributed by atoms with Crippen molar-refractivity contribution in [2.24, 2.45) is 5.92 Å². The van der Waals surface area contributed by atoms with Crippen LogP contribution < -0.4 is 0 Å². The number of aliphatic hydroxyl groups is 1. The number of esters is 1. The van der Waals surface area contributed by atoms with Crippen LogP contribution in [0.5, 0.6) is 0 Å². The maximum atomic E-state index is 11.9. The van der Waals surface area contributed by atoms with Crippen LogP contribution >= 0.6 is 0 Å². The van der Waals surface area contributed by atoms with Gasteiger partial charge in [-0.25, -0.2) is 0 Å². The van der Waals surface area contributed by atoms with Crippen LogP contribution in [-0.2, 0) is 14.3 Å². The molecule has 2 N–H and O–H groups in total. The van der Waals surface area contributed by atoms with E-state index in [-0.39, 0.29) is 6.61 Å². The van der Waals surface area contributed by atoms with Crippen LogP contribution in [0, 0.1) is 5.92 Å². The Labute approximate surface area is 88.8 Å². The van der Waals surface area contributed by atoms with Gasteiger partial charge in [0, 0.05) is 6.42 Å². The molecule has 0 bridgehead atoms. The molecular weight excluding hydrogens is 233 g/mol. The molecule has 0 aromatic heterocycles. The van der Waals surface area contributed by atoms with Crippen LogP contribution in [0.1, 0.15) is 13.3 Å². The SMILES string of the molecule is CCOC(=O)C(CC(O)C(F)(F)F)C(=O)O. The van der Waals surface area contributed by atoms with Crippen LogP contribution in [0.2, 0.25) is 0 Å². The van der Waals surface area contributed by atoms with Gasteiger partial charge in [0.15, 0.2) is 12.0 Å². The molecule has 2 unspecified atom stereocenters. The number of rotatable bonds is 5. The first-order chi connectivity index (χ1) is 7.20. The Kier molecular flexibility index (Phi) is 5.22.